The van der Waals surface area contributed by atoms with Crippen molar-refractivity contribution in [3.63, 3.8) is 0 Å². The highest BCUT2D eigenvalue weighted by atomic mass is 16.5. The number of hydrogen-bond donors (Lipinski definition) is 1. The van der Waals surface area contributed by atoms with E-state index in [0.717, 1.165) is 50.0 Å². The number of piperidine rings is 3. The van der Waals surface area contributed by atoms with E-state index in [0.29, 0.717) is 25.5 Å². The number of aromatic nitrogens is 1. The molecule has 3 saturated heterocycles. The molecule has 4 heterocycles. The second-order valence-corrected chi connectivity index (χ2v) is 8.23. The van der Waals surface area contributed by atoms with Gasteiger partial charge in [-0.2, -0.15) is 0 Å². The minimum atomic E-state index is -0.906. The van der Waals surface area contributed by atoms with Crippen LogP contribution in [-0.4, -0.2) is 46.8 Å². The maximum atomic E-state index is 11.1. The monoisotopic (exact) mass is 390 g/mol. The van der Waals surface area contributed by atoms with Gasteiger partial charge >= 0.3 is 0 Å². The van der Waals surface area contributed by atoms with Crippen LogP contribution in [0.15, 0.2) is 42.5 Å². The quantitative estimate of drug-likeness (QED) is 0.604. The van der Waals surface area contributed by atoms with Crippen molar-refractivity contribution in [2.24, 2.45) is 5.92 Å². The molecule has 0 spiro atoms. The van der Waals surface area contributed by atoms with Gasteiger partial charge in [0.05, 0.1) is 12.3 Å². The Morgan fingerprint density at radius 2 is 1.97 bits per heavy atom. The first kappa shape index (κ1) is 19.9. The Morgan fingerprint density at radius 1 is 1.17 bits per heavy atom. The Hall–Kier alpha value is -2.35. The van der Waals surface area contributed by atoms with Crippen molar-refractivity contribution in [3.8, 4) is 17.7 Å². The number of pyridine rings is 1. The second-order valence-electron chi connectivity index (χ2n) is 8.23. The fourth-order valence-corrected chi connectivity index (χ4v) is 4.28. The van der Waals surface area contributed by atoms with E-state index in [9.17, 15) is 5.11 Å². The van der Waals surface area contributed by atoms with Crippen molar-refractivity contribution < 1.29 is 9.84 Å². The summed E-state index contributed by atoms with van der Waals surface area (Å²) in [5.74, 6) is 7.43. The van der Waals surface area contributed by atoms with Crippen LogP contribution in [0.4, 0.5) is 0 Å². The summed E-state index contributed by atoms with van der Waals surface area (Å²) in [6.45, 7) is 5.65. The van der Waals surface area contributed by atoms with Crippen LogP contribution in [0.5, 0.6) is 5.88 Å². The van der Waals surface area contributed by atoms with Gasteiger partial charge in [0.1, 0.15) is 5.60 Å². The predicted molar refractivity (Wildman–Crippen MR) is 115 cm³/mol. The smallest absolute Gasteiger partial charge is 0.213 e. The standard InChI is InChI=1S/C25H30N2O2/c1-2-3-17-29-24-10-9-21(23(26-24)18-20-7-5-4-6-8-20)11-14-25(28)19-27-15-12-22(25)13-16-27/h4-10,22,28H,2-3,12-13,15-19H2,1H3/t25-/m0/s1. The average Bonchev–Trinajstić information content (AvgIpc) is 2.75. The van der Waals surface area contributed by atoms with Crippen molar-refractivity contribution in [2.45, 2.75) is 44.6 Å². The van der Waals surface area contributed by atoms with E-state index >= 15 is 0 Å². The van der Waals surface area contributed by atoms with E-state index in [1.165, 1.54) is 5.56 Å². The van der Waals surface area contributed by atoms with Gasteiger partial charge in [0.2, 0.25) is 5.88 Å². The molecule has 0 unspecified atom stereocenters. The van der Waals surface area contributed by atoms with E-state index in [1.54, 1.807) is 0 Å². The first-order valence-electron chi connectivity index (χ1n) is 10.8. The van der Waals surface area contributed by atoms with Crippen molar-refractivity contribution in [3.05, 3.63) is 59.3 Å². The third kappa shape index (κ3) is 4.80. The molecular formula is C25H30N2O2. The molecule has 3 aliphatic rings. The zero-order valence-corrected chi connectivity index (χ0v) is 17.2. The lowest BCUT2D eigenvalue weighted by molar-refractivity contribution is -0.0713. The first-order valence-corrected chi connectivity index (χ1v) is 10.8. The first-order chi connectivity index (χ1) is 14.2. The van der Waals surface area contributed by atoms with Gasteiger partial charge in [-0.25, -0.2) is 4.98 Å². The summed E-state index contributed by atoms with van der Waals surface area (Å²) in [5, 5.41) is 11.1. The van der Waals surface area contributed by atoms with Crippen LogP contribution < -0.4 is 4.74 Å². The number of rotatable bonds is 6. The van der Waals surface area contributed by atoms with Crippen LogP contribution in [0.3, 0.4) is 0 Å². The SMILES string of the molecule is CCCCOc1ccc(C#C[C@]2(O)CN3CCC2CC3)c(Cc2ccccc2)n1. The summed E-state index contributed by atoms with van der Waals surface area (Å²) in [7, 11) is 0. The molecular weight excluding hydrogens is 360 g/mol. The van der Waals surface area contributed by atoms with Crippen LogP contribution in [0.2, 0.25) is 0 Å². The number of nitrogens with zero attached hydrogens (tertiary/aromatic N) is 2. The highest BCUT2D eigenvalue weighted by Gasteiger charge is 2.44. The summed E-state index contributed by atoms with van der Waals surface area (Å²) >= 11 is 0. The summed E-state index contributed by atoms with van der Waals surface area (Å²) in [4.78, 5) is 7.08. The van der Waals surface area contributed by atoms with Crippen molar-refractivity contribution >= 4 is 0 Å². The van der Waals surface area contributed by atoms with E-state index < -0.39 is 5.60 Å². The van der Waals surface area contributed by atoms with Gasteiger partial charge in [0, 0.05) is 30.5 Å². The molecule has 3 aliphatic heterocycles. The Kier molecular flexibility index (Phi) is 6.18. The third-order valence-corrected chi connectivity index (χ3v) is 6.05. The highest BCUT2D eigenvalue weighted by Crippen LogP contribution is 2.35. The molecule has 29 heavy (non-hydrogen) atoms. The zero-order valence-electron chi connectivity index (χ0n) is 17.2. The number of unbranched alkanes of at least 4 members (excludes halogenated alkanes) is 1. The molecule has 5 rings (SSSR count). The van der Waals surface area contributed by atoms with Crippen molar-refractivity contribution in [2.75, 3.05) is 26.2 Å². The van der Waals surface area contributed by atoms with Crippen LogP contribution in [0.25, 0.3) is 0 Å². The molecule has 2 aromatic rings. The second kappa shape index (κ2) is 8.98. The lowest BCUT2D eigenvalue weighted by Gasteiger charge is -2.47. The summed E-state index contributed by atoms with van der Waals surface area (Å²) < 4.78 is 5.82. The third-order valence-electron chi connectivity index (χ3n) is 6.05. The topological polar surface area (TPSA) is 45.6 Å². The largest absolute Gasteiger partial charge is 0.478 e. The minimum Gasteiger partial charge on any atom is -0.478 e. The van der Waals surface area contributed by atoms with Crippen molar-refractivity contribution in [1.29, 1.82) is 0 Å². The number of fused-ring (bicyclic) bond motifs is 3. The van der Waals surface area contributed by atoms with E-state index in [4.69, 9.17) is 9.72 Å². The number of aliphatic hydroxyl groups is 1. The zero-order chi connectivity index (χ0) is 20.1. The molecule has 152 valence electrons. The summed E-state index contributed by atoms with van der Waals surface area (Å²) in [6.07, 6.45) is 4.87. The minimum absolute atomic E-state index is 0.280. The number of ether oxygens (including phenoxy) is 1. The molecule has 0 amide bonds. The lowest BCUT2D eigenvalue weighted by Crippen LogP contribution is -2.58. The van der Waals surface area contributed by atoms with Crippen LogP contribution in [0.1, 0.15) is 49.4 Å². The molecule has 0 radical (unpaired) electrons. The molecule has 1 aromatic carbocycles. The van der Waals surface area contributed by atoms with E-state index in [1.807, 2.05) is 30.3 Å². The summed E-state index contributed by atoms with van der Waals surface area (Å²) in [5.41, 5.74) is 2.07. The van der Waals surface area contributed by atoms with E-state index in [-0.39, 0.29) is 5.92 Å². The predicted octanol–water partition coefficient (Wildman–Crippen LogP) is 3.66. The maximum Gasteiger partial charge on any atom is 0.213 e. The number of benzene rings is 1. The molecule has 4 heteroatoms. The molecule has 1 aromatic heterocycles. The molecule has 0 aliphatic carbocycles. The van der Waals surface area contributed by atoms with Gasteiger partial charge in [-0.15, -0.1) is 0 Å². The number of hydrogen-bond acceptors (Lipinski definition) is 4. The Morgan fingerprint density at radius 3 is 2.66 bits per heavy atom. The van der Waals surface area contributed by atoms with Crippen LogP contribution in [0, 0.1) is 17.8 Å². The molecule has 1 atom stereocenters. The normalized spacial score (nSPS) is 25.3. The molecule has 3 fully saturated rings. The van der Waals surface area contributed by atoms with Gasteiger partial charge in [-0.1, -0.05) is 55.5 Å². The molecule has 1 N–H and O–H groups in total. The maximum absolute atomic E-state index is 11.1. The van der Waals surface area contributed by atoms with Gasteiger partial charge in [-0.3, -0.25) is 4.90 Å². The van der Waals surface area contributed by atoms with Gasteiger partial charge in [0.15, 0.2) is 0 Å². The Balaban J connectivity index is 1.60. The fraction of sp³-hybridized carbons (Fsp3) is 0.480. The highest BCUT2D eigenvalue weighted by molar-refractivity contribution is 5.44. The van der Waals surface area contributed by atoms with Gasteiger partial charge in [-0.05, 0) is 44.0 Å². The fourth-order valence-electron chi connectivity index (χ4n) is 4.28. The Bertz CT molecular complexity index is 879. The Labute approximate surface area is 173 Å². The van der Waals surface area contributed by atoms with Crippen LogP contribution in [-0.2, 0) is 6.42 Å². The summed E-state index contributed by atoms with van der Waals surface area (Å²) in [6, 6.07) is 14.2. The van der Waals surface area contributed by atoms with Gasteiger partial charge < -0.3 is 9.84 Å². The lowest BCUT2D eigenvalue weighted by atomic mass is 9.75. The van der Waals surface area contributed by atoms with Crippen LogP contribution >= 0.6 is 0 Å². The van der Waals surface area contributed by atoms with Crippen molar-refractivity contribution in [1.82, 2.24) is 9.88 Å². The van der Waals surface area contributed by atoms with Gasteiger partial charge in [0.25, 0.3) is 0 Å². The average molecular weight is 391 g/mol. The van der Waals surface area contributed by atoms with E-state index in [2.05, 4.69) is 35.8 Å². The molecule has 2 bridgehead atoms. The molecule has 0 saturated carbocycles. The molecule has 4 nitrogen and oxygen atoms in total.